The number of carboxylic acids is 1. The molecule has 0 aromatic heterocycles. The third kappa shape index (κ3) is 3.63. The van der Waals surface area contributed by atoms with Crippen LogP contribution in [0.3, 0.4) is 0 Å². The summed E-state index contributed by atoms with van der Waals surface area (Å²) in [5.74, 6) is -0.145. The maximum atomic E-state index is 10.4. The highest BCUT2D eigenvalue weighted by molar-refractivity contribution is 5.66. The number of benzene rings is 1. The van der Waals surface area contributed by atoms with Crippen LogP contribution in [0, 0.1) is 0 Å². The zero-order valence-electron chi connectivity index (χ0n) is 10.2. The van der Waals surface area contributed by atoms with Crippen molar-refractivity contribution in [2.45, 2.75) is 6.42 Å². The third-order valence-corrected chi connectivity index (χ3v) is 2.80. The first-order valence-electron chi connectivity index (χ1n) is 6.03. The minimum absolute atomic E-state index is 0.0191. The molecule has 1 aliphatic rings. The number of ether oxygens (including phenoxy) is 2. The fourth-order valence-electron chi connectivity index (χ4n) is 1.83. The molecule has 18 heavy (non-hydrogen) atoms. The number of carbonyl (C=O) groups is 1. The molecule has 0 saturated carbocycles. The molecule has 0 bridgehead atoms. The molecular weight excluding hydrogens is 234 g/mol. The zero-order chi connectivity index (χ0) is 12.8. The molecule has 1 fully saturated rings. The van der Waals surface area contributed by atoms with E-state index in [1.54, 1.807) is 0 Å². The molecule has 0 unspecified atom stereocenters. The molecule has 0 spiro atoms. The van der Waals surface area contributed by atoms with E-state index >= 15 is 0 Å². The Morgan fingerprint density at radius 2 is 1.94 bits per heavy atom. The van der Waals surface area contributed by atoms with E-state index in [1.807, 2.05) is 24.3 Å². The molecule has 1 aliphatic heterocycles. The minimum atomic E-state index is -0.847. The highest BCUT2D eigenvalue weighted by Gasteiger charge is 2.10. The second kappa shape index (κ2) is 6.26. The van der Waals surface area contributed by atoms with E-state index < -0.39 is 5.97 Å². The number of anilines is 1. The van der Waals surface area contributed by atoms with Gasteiger partial charge in [0.05, 0.1) is 26.2 Å². The predicted molar refractivity (Wildman–Crippen MR) is 67.2 cm³/mol. The Hall–Kier alpha value is -1.75. The first kappa shape index (κ1) is 12.7. The van der Waals surface area contributed by atoms with Gasteiger partial charge in [0.2, 0.25) is 0 Å². The van der Waals surface area contributed by atoms with Crippen molar-refractivity contribution in [1.82, 2.24) is 0 Å². The van der Waals surface area contributed by atoms with Crippen LogP contribution in [0.25, 0.3) is 0 Å². The lowest BCUT2D eigenvalue weighted by atomic mass is 10.2. The van der Waals surface area contributed by atoms with Gasteiger partial charge in [0.15, 0.2) is 0 Å². The number of carboxylic acid groups (broad SMARTS) is 1. The van der Waals surface area contributed by atoms with Crippen LogP contribution in [0.4, 0.5) is 5.69 Å². The topological polar surface area (TPSA) is 59.0 Å². The van der Waals surface area contributed by atoms with Gasteiger partial charge in [-0.2, -0.15) is 0 Å². The number of hydrogen-bond acceptors (Lipinski definition) is 4. The maximum absolute atomic E-state index is 10.4. The summed E-state index contributed by atoms with van der Waals surface area (Å²) in [4.78, 5) is 12.6. The Bertz CT molecular complexity index is 384. The van der Waals surface area contributed by atoms with Gasteiger partial charge >= 0.3 is 5.97 Å². The standard InChI is InChI=1S/C13H17NO4/c15-13(16)5-8-18-12-3-1-11(2-4-12)14-6-9-17-10-7-14/h1-4H,5-10H2,(H,15,16). The van der Waals surface area contributed by atoms with Crippen molar-refractivity contribution in [3.63, 3.8) is 0 Å². The van der Waals surface area contributed by atoms with Crippen molar-refractivity contribution in [3.8, 4) is 5.75 Å². The minimum Gasteiger partial charge on any atom is -0.493 e. The van der Waals surface area contributed by atoms with E-state index in [4.69, 9.17) is 14.6 Å². The quantitative estimate of drug-likeness (QED) is 0.856. The normalized spacial score (nSPS) is 15.4. The third-order valence-electron chi connectivity index (χ3n) is 2.80. The van der Waals surface area contributed by atoms with Crippen LogP contribution in [0.1, 0.15) is 6.42 Å². The van der Waals surface area contributed by atoms with E-state index in [1.165, 1.54) is 0 Å². The molecule has 1 aromatic carbocycles. The van der Waals surface area contributed by atoms with Crippen molar-refractivity contribution in [2.75, 3.05) is 37.8 Å². The van der Waals surface area contributed by atoms with Gasteiger partial charge in [-0.15, -0.1) is 0 Å². The molecule has 1 aromatic rings. The summed E-state index contributed by atoms with van der Waals surface area (Å²) in [6.45, 7) is 3.53. The number of morpholine rings is 1. The Labute approximate surface area is 106 Å². The van der Waals surface area contributed by atoms with Crippen LogP contribution < -0.4 is 9.64 Å². The van der Waals surface area contributed by atoms with Crippen LogP contribution in [-0.4, -0.2) is 44.0 Å². The summed E-state index contributed by atoms with van der Waals surface area (Å²) < 4.78 is 10.6. The monoisotopic (exact) mass is 251 g/mol. The second-order valence-corrected chi connectivity index (χ2v) is 4.09. The van der Waals surface area contributed by atoms with Crippen molar-refractivity contribution >= 4 is 11.7 Å². The first-order chi connectivity index (χ1) is 8.75. The fourth-order valence-corrected chi connectivity index (χ4v) is 1.83. The molecule has 1 saturated heterocycles. The van der Waals surface area contributed by atoms with E-state index in [2.05, 4.69) is 4.90 Å². The van der Waals surface area contributed by atoms with Gasteiger partial charge in [0, 0.05) is 18.8 Å². The Kier molecular flexibility index (Phi) is 4.41. The zero-order valence-corrected chi connectivity index (χ0v) is 10.2. The van der Waals surface area contributed by atoms with E-state index in [0.29, 0.717) is 5.75 Å². The fraction of sp³-hybridized carbons (Fsp3) is 0.462. The van der Waals surface area contributed by atoms with Gasteiger partial charge in [0.1, 0.15) is 5.75 Å². The Morgan fingerprint density at radius 3 is 2.56 bits per heavy atom. The first-order valence-corrected chi connectivity index (χ1v) is 6.03. The average molecular weight is 251 g/mol. The molecule has 98 valence electrons. The molecular formula is C13H17NO4. The van der Waals surface area contributed by atoms with Gasteiger partial charge in [0.25, 0.3) is 0 Å². The van der Waals surface area contributed by atoms with Gasteiger partial charge in [-0.25, -0.2) is 0 Å². The molecule has 1 heterocycles. The molecule has 5 nitrogen and oxygen atoms in total. The largest absolute Gasteiger partial charge is 0.493 e. The van der Waals surface area contributed by atoms with Gasteiger partial charge in [-0.3, -0.25) is 4.79 Å². The van der Waals surface area contributed by atoms with E-state index in [-0.39, 0.29) is 13.0 Å². The summed E-state index contributed by atoms with van der Waals surface area (Å²) in [6, 6.07) is 7.71. The summed E-state index contributed by atoms with van der Waals surface area (Å²) in [5, 5.41) is 8.51. The summed E-state index contributed by atoms with van der Waals surface area (Å²) in [7, 11) is 0. The second-order valence-electron chi connectivity index (χ2n) is 4.09. The van der Waals surface area contributed by atoms with Gasteiger partial charge in [-0.05, 0) is 24.3 Å². The maximum Gasteiger partial charge on any atom is 0.306 e. The Balaban J connectivity index is 1.86. The molecule has 2 rings (SSSR count). The van der Waals surface area contributed by atoms with Gasteiger partial charge in [-0.1, -0.05) is 0 Å². The summed E-state index contributed by atoms with van der Waals surface area (Å²) >= 11 is 0. The van der Waals surface area contributed by atoms with E-state index in [0.717, 1.165) is 32.0 Å². The van der Waals surface area contributed by atoms with Crippen molar-refractivity contribution in [1.29, 1.82) is 0 Å². The van der Waals surface area contributed by atoms with Crippen LogP contribution in [-0.2, 0) is 9.53 Å². The highest BCUT2D eigenvalue weighted by atomic mass is 16.5. The molecule has 0 amide bonds. The molecule has 0 atom stereocenters. The molecule has 1 N–H and O–H groups in total. The number of nitrogens with zero attached hydrogens (tertiary/aromatic N) is 1. The van der Waals surface area contributed by atoms with Crippen LogP contribution in [0.2, 0.25) is 0 Å². The van der Waals surface area contributed by atoms with Crippen molar-refractivity contribution < 1.29 is 19.4 Å². The number of aliphatic carboxylic acids is 1. The summed E-state index contributed by atoms with van der Waals surface area (Å²) in [5.41, 5.74) is 1.14. The molecule has 0 aliphatic carbocycles. The average Bonchev–Trinajstić information content (AvgIpc) is 2.40. The van der Waals surface area contributed by atoms with Crippen LogP contribution in [0.15, 0.2) is 24.3 Å². The molecule has 0 radical (unpaired) electrons. The highest BCUT2D eigenvalue weighted by Crippen LogP contribution is 2.20. The number of hydrogen-bond donors (Lipinski definition) is 1. The van der Waals surface area contributed by atoms with Crippen LogP contribution >= 0.6 is 0 Å². The van der Waals surface area contributed by atoms with Crippen molar-refractivity contribution in [3.05, 3.63) is 24.3 Å². The smallest absolute Gasteiger partial charge is 0.306 e. The number of rotatable bonds is 5. The molecule has 5 heteroatoms. The van der Waals surface area contributed by atoms with Crippen molar-refractivity contribution in [2.24, 2.45) is 0 Å². The lowest BCUT2D eigenvalue weighted by Gasteiger charge is -2.28. The van der Waals surface area contributed by atoms with Gasteiger partial charge < -0.3 is 19.5 Å². The lowest BCUT2D eigenvalue weighted by molar-refractivity contribution is -0.137. The lowest BCUT2D eigenvalue weighted by Crippen LogP contribution is -2.36. The predicted octanol–water partition coefficient (Wildman–Crippen LogP) is 1.38. The Morgan fingerprint density at radius 1 is 1.28 bits per heavy atom. The summed E-state index contributed by atoms with van der Waals surface area (Å²) in [6.07, 6.45) is 0.0191. The van der Waals surface area contributed by atoms with E-state index in [9.17, 15) is 4.79 Å². The van der Waals surface area contributed by atoms with Crippen LogP contribution in [0.5, 0.6) is 5.75 Å². The SMILES string of the molecule is O=C(O)CCOc1ccc(N2CCOCC2)cc1.